The maximum atomic E-state index is 11.3. The van der Waals surface area contributed by atoms with Crippen molar-refractivity contribution in [2.45, 2.75) is 26.3 Å². The molecule has 4 heteroatoms. The summed E-state index contributed by atoms with van der Waals surface area (Å²) >= 11 is 0. The summed E-state index contributed by atoms with van der Waals surface area (Å²) in [4.78, 5) is 11.3. The molecule has 17 heavy (non-hydrogen) atoms. The summed E-state index contributed by atoms with van der Waals surface area (Å²) in [5.41, 5.74) is 7.60. The van der Waals surface area contributed by atoms with Crippen LogP contribution >= 0.6 is 0 Å². The van der Waals surface area contributed by atoms with Gasteiger partial charge in [0.1, 0.15) is 5.75 Å². The molecule has 1 aromatic rings. The zero-order valence-electron chi connectivity index (χ0n) is 10.4. The zero-order chi connectivity index (χ0) is 12.7. The molecule has 4 nitrogen and oxygen atoms in total. The van der Waals surface area contributed by atoms with E-state index in [0.717, 1.165) is 16.9 Å². The fourth-order valence-corrected chi connectivity index (χ4v) is 1.62. The number of carbonyl (C=O) groups is 1. The maximum absolute atomic E-state index is 11.3. The molecule has 94 valence electrons. The molecule has 0 bridgehead atoms. The summed E-state index contributed by atoms with van der Waals surface area (Å²) in [6.07, 6.45) is 0.966. The Morgan fingerprint density at radius 3 is 2.76 bits per heavy atom. The van der Waals surface area contributed by atoms with E-state index in [4.69, 9.17) is 15.2 Å². The summed E-state index contributed by atoms with van der Waals surface area (Å²) < 4.78 is 10.1. The highest BCUT2D eigenvalue weighted by atomic mass is 16.5. The molecule has 0 amide bonds. The third kappa shape index (κ3) is 4.07. The average molecular weight is 237 g/mol. The third-order valence-electron chi connectivity index (χ3n) is 2.48. The van der Waals surface area contributed by atoms with Gasteiger partial charge in [-0.1, -0.05) is 12.1 Å². The van der Waals surface area contributed by atoms with E-state index in [9.17, 15) is 4.79 Å². The van der Waals surface area contributed by atoms with Crippen molar-refractivity contribution >= 4 is 5.97 Å². The lowest BCUT2D eigenvalue weighted by Gasteiger charge is -2.09. The summed E-state index contributed by atoms with van der Waals surface area (Å²) in [6.45, 7) is 2.70. The van der Waals surface area contributed by atoms with Crippen LogP contribution in [-0.4, -0.2) is 19.7 Å². The summed E-state index contributed by atoms with van der Waals surface area (Å²) in [7, 11) is 1.62. The van der Waals surface area contributed by atoms with Gasteiger partial charge >= 0.3 is 5.97 Å². The summed E-state index contributed by atoms with van der Waals surface area (Å²) in [5.74, 6) is 0.596. The van der Waals surface area contributed by atoms with E-state index in [-0.39, 0.29) is 5.97 Å². The summed E-state index contributed by atoms with van der Waals surface area (Å²) in [5, 5.41) is 0. The predicted octanol–water partition coefficient (Wildman–Crippen LogP) is 1.65. The van der Waals surface area contributed by atoms with Crippen molar-refractivity contribution in [2.75, 3.05) is 13.7 Å². The third-order valence-corrected chi connectivity index (χ3v) is 2.48. The average Bonchev–Trinajstić information content (AvgIpc) is 2.36. The first-order chi connectivity index (χ1) is 8.21. The van der Waals surface area contributed by atoms with Gasteiger partial charge in [0, 0.05) is 13.0 Å². The maximum Gasteiger partial charge on any atom is 0.306 e. The SMILES string of the molecule is CCOC(=O)CCc1cc(CN)ccc1OC. The van der Waals surface area contributed by atoms with Gasteiger partial charge in [-0.05, 0) is 30.5 Å². The minimum absolute atomic E-state index is 0.187. The van der Waals surface area contributed by atoms with E-state index in [1.807, 2.05) is 18.2 Å². The Morgan fingerprint density at radius 2 is 2.18 bits per heavy atom. The molecule has 0 saturated carbocycles. The van der Waals surface area contributed by atoms with E-state index in [0.29, 0.717) is 26.0 Å². The quantitative estimate of drug-likeness (QED) is 0.764. The van der Waals surface area contributed by atoms with E-state index in [1.54, 1.807) is 14.0 Å². The molecule has 0 radical (unpaired) electrons. The molecule has 1 rings (SSSR count). The molecule has 0 aliphatic heterocycles. The first-order valence-electron chi connectivity index (χ1n) is 5.72. The molecule has 1 aromatic carbocycles. The van der Waals surface area contributed by atoms with Gasteiger partial charge in [-0.3, -0.25) is 4.79 Å². The van der Waals surface area contributed by atoms with Crippen molar-refractivity contribution in [3.8, 4) is 5.75 Å². The Kier molecular flexibility index (Phi) is 5.49. The van der Waals surface area contributed by atoms with E-state index >= 15 is 0 Å². The first kappa shape index (κ1) is 13.5. The Balaban J connectivity index is 2.70. The fraction of sp³-hybridized carbons (Fsp3) is 0.462. The van der Waals surface area contributed by atoms with Crippen LogP contribution in [0.25, 0.3) is 0 Å². The minimum atomic E-state index is -0.187. The second-order valence-electron chi connectivity index (χ2n) is 3.66. The highest BCUT2D eigenvalue weighted by Crippen LogP contribution is 2.21. The van der Waals surface area contributed by atoms with Crippen LogP contribution in [0, 0.1) is 0 Å². The number of nitrogens with two attached hydrogens (primary N) is 1. The normalized spacial score (nSPS) is 10.1. The van der Waals surface area contributed by atoms with Crippen molar-refractivity contribution in [1.82, 2.24) is 0 Å². The first-order valence-corrected chi connectivity index (χ1v) is 5.72. The van der Waals surface area contributed by atoms with Gasteiger partial charge in [0.15, 0.2) is 0 Å². The van der Waals surface area contributed by atoms with Crippen LogP contribution in [0.5, 0.6) is 5.75 Å². The molecule has 0 spiro atoms. The lowest BCUT2D eigenvalue weighted by molar-refractivity contribution is -0.143. The van der Waals surface area contributed by atoms with Gasteiger partial charge in [0.05, 0.1) is 13.7 Å². The number of carbonyl (C=O) groups excluding carboxylic acids is 1. The van der Waals surface area contributed by atoms with E-state index < -0.39 is 0 Å². The van der Waals surface area contributed by atoms with Crippen molar-refractivity contribution in [1.29, 1.82) is 0 Å². The lowest BCUT2D eigenvalue weighted by atomic mass is 10.1. The molecule has 0 saturated heterocycles. The number of hydrogen-bond acceptors (Lipinski definition) is 4. The molecule has 0 fully saturated rings. The van der Waals surface area contributed by atoms with Crippen LogP contribution in [-0.2, 0) is 22.5 Å². The Morgan fingerprint density at radius 1 is 1.41 bits per heavy atom. The van der Waals surface area contributed by atoms with Crippen LogP contribution in [0.2, 0.25) is 0 Å². The number of esters is 1. The molecular weight excluding hydrogens is 218 g/mol. The Bertz CT molecular complexity index is 377. The number of ether oxygens (including phenoxy) is 2. The van der Waals surface area contributed by atoms with Gasteiger partial charge in [-0.15, -0.1) is 0 Å². The van der Waals surface area contributed by atoms with Gasteiger partial charge < -0.3 is 15.2 Å². The van der Waals surface area contributed by atoms with Crippen LogP contribution < -0.4 is 10.5 Å². The second-order valence-corrected chi connectivity index (χ2v) is 3.66. The fourth-order valence-electron chi connectivity index (χ4n) is 1.62. The van der Waals surface area contributed by atoms with Gasteiger partial charge in [-0.2, -0.15) is 0 Å². The van der Waals surface area contributed by atoms with E-state index in [2.05, 4.69) is 0 Å². The van der Waals surface area contributed by atoms with Crippen LogP contribution in [0.3, 0.4) is 0 Å². The Hall–Kier alpha value is -1.55. The number of rotatable bonds is 6. The molecule has 0 unspecified atom stereocenters. The van der Waals surface area contributed by atoms with E-state index in [1.165, 1.54) is 0 Å². The van der Waals surface area contributed by atoms with Gasteiger partial charge in [0.2, 0.25) is 0 Å². The van der Waals surface area contributed by atoms with Gasteiger partial charge in [0.25, 0.3) is 0 Å². The standard InChI is InChI=1S/C13H19NO3/c1-3-17-13(15)7-5-11-8-10(9-14)4-6-12(11)16-2/h4,6,8H,3,5,7,9,14H2,1-2H3. The highest BCUT2D eigenvalue weighted by molar-refractivity contribution is 5.69. The lowest BCUT2D eigenvalue weighted by Crippen LogP contribution is -2.06. The smallest absolute Gasteiger partial charge is 0.306 e. The van der Waals surface area contributed by atoms with Crippen LogP contribution in [0.4, 0.5) is 0 Å². The Labute approximate surface area is 102 Å². The molecule has 0 aliphatic carbocycles. The van der Waals surface area contributed by atoms with Crippen LogP contribution in [0.15, 0.2) is 18.2 Å². The molecule has 0 aromatic heterocycles. The van der Waals surface area contributed by atoms with Crippen LogP contribution in [0.1, 0.15) is 24.5 Å². The van der Waals surface area contributed by atoms with Crippen molar-refractivity contribution in [3.05, 3.63) is 29.3 Å². The minimum Gasteiger partial charge on any atom is -0.496 e. The zero-order valence-corrected chi connectivity index (χ0v) is 10.4. The number of methoxy groups -OCH3 is 1. The summed E-state index contributed by atoms with van der Waals surface area (Å²) in [6, 6.07) is 5.77. The molecule has 0 heterocycles. The number of hydrogen-bond donors (Lipinski definition) is 1. The second kappa shape index (κ2) is 6.91. The molecule has 2 N–H and O–H groups in total. The van der Waals surface area contributed by atoms with Crippen molar-refractivity contribution < 1.29 is 14.3 Å². The van der Waals surface area contributed by atoms with Crippen molar-refractivity contribution in [2.24, 2.45) is 5.73 Å². The number of aryl methyl sites for hydroxylation is 1. The highest BCUT2D eigenvalue weighted by Gasteiger charge is 2.08. The molecule has 0 aliphatic rings. The van der Waals surface area contributed by atoms with Crippen molar-refractivity contribution in [3.63, 3.8) is 0 Å². The topological polar surface area (TPSA) is 61.5 Å². The predicted molar refractivity (Wildman–Crippen MR) is 65.8 cm³/mol. The number of benzene rings is 1. The van der Waals surface area contributed by atoms with Gasteiger partial charge in [-0.25, -0.2) is 0 Å². The largest absolute Gasteiger partial charge is 0.496 e. The molecular formula is C13H19NO3. The molecule has 0 atom stereocenters. The monoisotopic (exact) mass is 237 g/mol.